The fourth-order valence-electron chi connectivity index (χ4n) is 4.36. The summed E-state index contributed by atoms with van der Waals surface area (Å²) in [5.74, 6) is -2.96. The molecule has 0 saturated heterocycles. The molecule has 0 amide bonds. The molecule has 7 nitrogen and oxygen atoms in total. The van der Waals surface area contributed by atoms with E-state index in [1.165, 1.54) is 0 Å². The maximum atomic E-state index is 13.2. The third kappa shape index (κ3) is 5.27. The highest BCUT2D eigenvalue weighted by Gasteiger charge is 2.44. The Bertz CT molecular complexity index is 1180. The number of aromatic nitrogens is 1. The molecule has 2 unspecified atom stereocenters. The van der Waals surface area contributed by atoms with Gasteiger partial charge in [0.05, 0.1) is 24.5 Å². The summed E-state index contributed by atoms with van der Waals surface area (Å²) in [6, 6.07) is 9.80. The number of carbonyl (C=O) groups is 3. The maximum Gasteiger partial charge on any atom is 0.433 e. The number of allylic oxidation sites excluding steroid dienone is 2. The SMILES string of the molecule is O=C(OCCOCc1nc(C(F)(F)F)ccc1C(=O)C1=C(O)C2CCC(C2)C1=O)c1ccccc1. The predicted octanol–water partition coefficient (Wildman–Crippen LogP) is 4.47. The van der Waals surface area contributed by atoms with Crippen LogP contribution in [-0.2, 0) is 27.1 Å². The van der Waals surface area contributed by atoms with Crippen molar-refractivity contribution in [2.24, 2.45) is 11.8 Å². The highest BCUT2D eigenvalue weighted by Crippen LogP contribution is 2.43. The number of nitrogens with zero attached hydrogens (tertiary/aromatic N) is 1. The molecular weight excluding hydrogens is 467 g/mol. The first-order valence-corrected chi connectivity index (χ1v) is 11.1. The number of ether oxygens (including phenoxy) is 2. The van der Waals surface area contributed by atoms with Crippen molar-refractivity contribution in [3.63, 3.8) is 0 Å². The monoisotopic (exact) mass is 489 g/mol. The Balaban J connectivity index is 1.49. The van der Waals surface area contributed by atoms with Gasteiger partial charge in [0.2, 0.25) is 5.78 Å². The Kier molecular flexibility index (Phi) is 7.02. The normalized spacial score (nSPS) is 19.7. The molecule has 1 aromatic carbocycles. The topological polar surface area (TPSA) is 103 Å². The first kappa shape index (κ1) is 24.6. The number of hydrogen-bond donors (Lipinski definition) is 1. The second-order valence-electron chi connectivity index (χ2n) is 8.40. The molecule has 1 heterocycles. The van der Waals surface area contributed by atoms with Crippen LogP contribution in [0, 0.1) is 11.8 Å². The number of Topliss-reactive ketones (excluding diaryl/α,β-unsaturated/α-hetero) is 2. The fraction of sp³-hybridized carbons (Fsp3) is 0.360. The molecule has 4 rings (SSSR count). The summed E-state index contributed by atoms with van der Waals surface area (Å²) in [4.78, 5) is 41.4. The van der Waals surface area contributed by atoms with E-state index in [2.05, 4.69) is 4.98 Å². The lowest BCUT2D eigenvalue weighted by molar-refractivity contribution is -0.141. The van der Waals surface area contributed by atoms with E-state index in [9.17, 15) is 32.7 Å². The van der Waals surface area contributed by atoms with Crippen LogP contribution in [0.25, 0.3) is 0 Å². The van der Waals surface area contributed by atoms with Crippen molar-refractivity contribution in [2.75, 3.05) is 13.2 Å². The standard InChI is InChI=1S/C25H22F3NO6/c26-25(27,28)19-9-8-17(23(32)20-21(30)15-6-7-16(12-15)22(20)31)18(29-19)13-34-10-11-35-24(33)14-4-2-1-3-5-14/h1-5,8-9,15-16,30H,6-7,10-13H2. The molecule has 2 bridgehead atoms. The van der Waals surface area contributed by atoms with E-state index in [4.69, 9.17) is 9.47 Å². The van der Waals surface area contributed by atoms with E-state index in [-0.39, 0.29) is 47.6 Å². The molecule has 2 atom stereocenters. The number of ketones is 2. The van der Waals surface area contributed by atoms with Crippen LogP contribution >= 0.6 is 0 Å². The van der Waals surface area contributed by atoms with Crippen molar-refractivity contribution < 1.29 is 42.1 Å². The van der Waals surface area contributed by atoms with Gasteiger partial charge in [0, 0.05) is 17.4 Å². The fourth-order valence-corrected chi connectivity index (χ4v) is 4.36. The van der Waals surface area contributed by atoms with Crippen molar-refractivity contribution in [3.8, 4) is 0 Å². The molecule has 0 spiro atoms. The minimum atomic E-state index is -4.76. The first-order chi connectivity index (χ1) is 16.7. The summed E-state index contributed by atoms with van der Waals surface area (Å²) < 4.78 is 50.1. The van der Waals surface area contributed by atoms with E-state index >= 15 is 0 Å². The zero-order valence-corrected chi connectivity index (χ0v) is 18.5. The molecule has 2 aliphatic rings. The van der Waals surface area contributed by atoms with Crippen molar-refractivity contribution in [1.29, 1.82) is 0 Å². The highest BCUT2D eigenvalue weighted by molar-refractivity contribution is 6.28. The van der Waals surface area contributed by atoms with Gasteiger partial charge >= 0.3 is 12.1 Å². The molecule has 0 aliphatic heterocycles. The van der Waals surface area contributed by atoms with Crippen molar-refractivity contribution in [3.05, 3.63) is 76.3 Å². The molecule has 184 valence electrons. The second kappa shape index (κ2) is 9.99. The van der Waals surface area contributed by atoms with Crippen molar-refractivity contribution in [2.45, 2.75) is 32.0 Å². The molecule has 1 aromatic heterocycles. The van der Waals surface area contributed by atoms with Crippen LogP contribution < -0.4 is 0 Å². The highest BCUT2D eigenvalue weighted by atomic mass is 19.4. The lowest BCUT2D eigenvalue weighted by Gasteiger charge is -2.21. The number of hydrogen-bond acceptors (Lipinski definition) is 7. The Morgan fingerprint density at radius 1 is 1.03 bits per heavy atom. The summed E-state index contributed by atoms with van der Waals surface area (Å²) in [5.41, 5.74) is -1.86. The minimum Gasteiger partial charge on any atom is -0.511 e. The Morgan fingerprint density at radius 3 is 2.46 bits per heavy atom. The van der Waals surface area contributed by atoms with Crippen LogP contribution in [0.15, 0.2) is 53.8 Å². The van der Waals surface area contributed by atoms with Crippen LogP contribution in [0.4, 0.5) is 13.2 Å². The number of aliphatic hydroxyl groups is 1. The van der Waals surface area contributed by atoms with E-state index in [1.807, 2.05) is 0 Å². The molecular formula is C25H22F3NO6. The zero-order chi connectivity index (χ0) is 25.2. The second-order valence-corrected chi connectivity index (χ2v) is 8.40. The average Bonchev–Trinajstić information content (AvgIpc) is 3.30. The molecule has 0 radical (unpaired) electrons. The Hall–Kier alpha value is -3.53. The number of esters is 1. The van der Waals surface area contributed by atoms with Crippen LogP contribution in [0.3, 0.4) is 0 Å². The van der Waals surface area contributed by atoms with Crippen LogP contribution in [-0.4, -0.2) is 40.8 Å². The molecule has 1 N–H and O–H groups in total. The predicted molar refractivity (Wildman–Crippen MR) is 115 cm³/mol. The first-order valence-electron chi connectivity index (χ1n) is 11.1. The number of fused-ring (bicyclic) bond motifs is 2. The Labute approximate surface area is 198 Å². The lowest BCUT2D eigenvalue weighted by atomic mass is 9.83. The number of rotatable bonds is 8. The average molecular weight is 489 g/mol. The minimum absolute atomic E-state index is 0.166. The molecule has 2 aromatic rings. The van der Waals surface area contributed by atoms with Gasteiger partial charge in [-0.1, -0.05) is 18.2 Å². The van der Waals surface area contributed by atoms with Gasteiger partial charge in [-0.3, -0.25) is 9.59 Å². The maximum absolute atomic E-state index is 13.2. The number of benzene rings is 1. The smallest absolute Gasteiger partial charge is 0.433 e. The van der Waals surface area contributed by atoms with E-state index in [1.54, 1.807) is 30.3 Å². The van der Waals surface area contributed by atoms with Gasteiger partial charge in [-0.05, 0) is 43.5 Å². The summed E-state index contributed by atoms with van der Waals surface area (Å²) >= 11 is 0. The summed E-state index contributed by atoms with van der Waals surface area (Å²) in [6.07, 6.45) is -3.18. The number of alkyl halides is 3. The Morgan fingerprint density at radius 2 is 1.74 bits per heavy atom. The van der Waals surface area contributed by atoms with Gasteiger partial charge in [-0.2, -0.15) is 13.2 Å². The van der Waals surface area contributed by atoms with Gasteiger partial charge in [0.15, 0.2) is 5.78 Å². The van der Waals surface area contributed by atoms with Crippen LogP contribution in [0.2, 0.25) is 0 Å². The van der Waals surface area contributed by atoms with Gasteiger partial charge in [0.25, 0.3) is 0 Å². The number of aliphatic hydroxyl groups excluding tert-OH is 1. The number of pyridine rings is 1. The van der Waals surface area contributed by atoms with Crippen molar-refractivity contribution in [1.82, 2.24) is 4.98 Å². The van der Waals surface area contributed by atoms with Gasteiger partial charge in [-0.15, -0.1) is 0 Å². The van der Waals surface area contributed by atoms with E-state index in [0.29, 0.717) is 30.9 Å². The lowest BCUT2D eigenvalue weighted by Crippen LogP contribution is -2.28. The van der Waals surface area contributed by atoms with E-state index in [0.717, 1.165) is 6.07 Å². The van der Waals surface area contributed by atoms with Crippen LogP contribution in [0.5, 0.6) is 0 Å². The molecule has 35 heavy (non-hydrogen) atoms. The van der Waals surface area contributed by atoms with Gasteiger partial charge in [-0.25, -0.2) is 9.78 Å². The van der Waals surface area contributed by atoms with Gasteiger partial charge in [0.1, 0.15) is 23.6 Å². The largest absolute Gasteiger partial charge is 0.511 e. The molecule has 10 heteroatoms. The van der Waals surface area contributed by atoms with Gasteiger partial charge < -0.3 is 14.6 Å². The van der Waals surface area contributed by atoms with E-state index < -0.39 is 36.0 Å². The third-order valence-corrected chi connectivity index (χ3v) is 6.14. The molecule has 1 fully saturated rings. The number of carbonyl (C=O) groups excluding carboxylic acids is 3. The zero-order valence-electron chi connectivity index (χ0n) is 18.5. The summed E-state index contributed by atoms with van der Waals surface area (Å²) in [6.45, 7) is -0.839. The quantitative estimate of drug-likeness (QED) is 0.253. The van der Waals surface area contributed by atoms with Crippen LogP contribution in [0.1, 0.15) is 51.4 Å². The molecule has 2 aliphatic carbocycles. The molecule has 1 saturated carbocycles. The number of halogens is 3. The summed E-state index contributed by atoms with van der Waals surface area (Å²) in [7, 11) is 0. The summed E-state index contributed by atoms with van der Waals surface area (Å²) in [5, 5.41) is 10.5. The third-order valence-electron chi connectivity index (χ3n) is 6.14. The van der Waals surface area contributed by atoms with Crippen molar-refractivity contribution >= 4 is 17.5 Å².